The molecule has 4 rings (SSSR count). The van der Waals surface area contributed by atoms with E-state index in [1.165, 1.54) is 24.8 Å². The van der Waals surface area contributed by atoms with Crippen LogP contribution < -0.4 is 11.1 Å². The molecule has 1 fully saturated rings. The Hall–Kier alpha value is -3.35. The van der Waals surface area contributed by atoms with Gasteiger partial charge < -0.3 is 20.9 Å². The molecule has 1 amide bonds. The zero-order valence-corrected chi connectivity index (χ0v) is 24.5. The first kappa shape index (κ1) is 29.6. The SMILES string of the molecule is CN(C)CCN(Cc1ccccc1)/C(=N\C1CCCCC1)Nc1ccc(C(CC(N)=O)c2cccc(Cl)c2)cc1. The molecule has 0 aliphatic heterocycles. The first-order valence-electron chi connectivity index (χ1n) is 14.3. The third-order valence-corrected chi connectivity index (χ3v) is 7.67. The van der Waals surface area contributed by atoms with E-state index in [0.29, 0.717) is 11.1 Å². The molecule has 1 aliphatic rings. The van der Waals surface area contributed by atoms with E-state index < -0.39 is 0 Å². The highest BCUT2D eigenvalue weighted by Crippen LogP contribution is 2.30. The molecule has 1 atom stereocenters. The molecule has 3 aromatic carbocycles. The van der Waals surface area contributed by atoms with Gasteiger partial charge >= 0.3 is 0 Å². The number of nitrogens with zero attached hydrogens (tertiary/aromatic N) is 3. The van der Waals surface area contributed by atoms with Crippen LogP contribution in [0.4, 0.5) is 5.69 Å². The minimum absolute atomic E-state index is 0.157. The lowest BCUT2D eigenvalue weighted by Gasteiger charge is -2.30. The van der Waals surface area contributed by atoms with Crippen molar-refractivity contribution in [2.75, 3.05) is 32.5 Å². The van der Waals surface area contributed by atoms with Crippen molar-refractivity contribution in [2.45, 2.75) is 57.0 Å². The number of carbonyl (C=O) groups is 1. The average Bonchev–Trinajstić information content (AvgIpc) is 2.95. The molecular formula is C33H42ClN5O. The van der Waals surface area contributed by atoms with E-state index >= 15 is 0 Å². The van der Waals surface area contributed by atoms with Gasteiger partial charge in [0.15, 0.2) is 5.96 Å². The number of primary amides is 1. The number of anilines is 1. The van der Waals surface area contributed by atoms with Crippen LogP contribution in [0.3, 0.4) is 0 Å². The Morgan fingerprint density at radius 1 is 0.950 bits per heavy atom. The summed E-state index contributed by atoms with van der Waals surface area (Å²) in [6.45, 7) is 2.56. The minimum atomic E-state index is -0.341. The Balaban J connectivity index is 1.61. The number of carbonyl (C=O) groups excluding carboxylic acids is 1. The zero-order chi connectivity index (χ0) is 28.3. The van der Waals surface area contributed by atoms with Crippen LogP contribution in [0.15, 0.2) is 83.9 Å². The molecule has 0 heterocycles. The standard InChI is InChI=1S/C33H42ClN5O/c1-38(2)20-21-39(24-25-10-5-3-6-11-25)33(36-29-14-7-4-8-15-29)37-30-18-16-26(17-19-30)31(23-32(35)40)27-12-9-13-28(34)22-27/h3,5-6,9-13,16-19,22,29,31H,4,7-8,14-15,20-21,23-24H2,1-2H3,(H2,35,40)(H,36,37). The van der Waals surface area contributed by atoms with Crippen LogP contribution >= 0.6 is 11.6 Å². The van der Waals surface area contributed by atoms with Crippen LogP contribution in [0.5, 0.6) is 0 Å². The highest BCUT2D eigenvalue weighted by molar-refractivity contribution is 6.30. The van der Waals surface area contributed by atoms with E-state index in [2.05, 4.69) is 83.8 Å². The fourth-order valence-electron chi connectivity index (χ4n) is 5.24. The van der Waals surface area contributed by atoms with Gasteiger partial charge in [0.2, 0.25) is 5.91 Å². The summed E-state index contributed by atoms with van der Waals surface area (Å²) < 4.78 is 0. The smallest absolute Gasteiger partial charge is 0.218 e. The third-order valence-electron chi connectivity index (χ3n) is 7.44. The molecule has 0 spiro atoms. The number of amides is 1. The molecular weight excluding hydrogens is 518 g/mol. The molecule has 3 N–H and O–H groups in total. The fourth-order valence-corrected chi connectivity index (χ4v) is 5.44. The van der Waals surface area contributed by atoms with E-state index in [9.17, 15) is 4.79 Å². The minimum Gasteiger partial charge on any atom is -0.370 e. The second kappa shape index (κ2) is 14.9. The summed E-state index contributed by atoms with van der Waals surface area (Å²) in [5.74, 6) is 0.413. The zero-order valence-electron chi connectivity index (χ0n) is 23.7. The van der Waals surface area contributed by atoms with Crippen molar-refractivity contribution in [3.63, 3.8) is 0 Å². The first-order chi connectivity index (χ1) is 19.4. The summed E-state index contributed by atoms with van der Waals surface area (Å²) in [5, 5.41) is 4.31. The van der Waals surface area contributed by atoms with Crippen molar-refractivity contribution in [3.05, 3.63) is 101 Å². The lowest BCUT2D eigenvalue weighted by molar-refractivity contribution is -0.118. The molecule has 0 radical (unpaired) electrons. The number of benzene rings is 3. The van der Waals surface area contributed by atoms with Gasteiger partial charge in [-0.2, -0.15) is 0 Å². The topological polar surface area (TPSA) is 74.0 Å². The predicted molar refractivity (Wildman–Crippen MR) is 167 cm³/mol. The van der Waals surface area contributed by atoms with Crippen molar-refractivity contribution in [3.8, 4) is 0 Å². The molecule has 6 nitrogen and oxygen atoms in total. The van der Waals surface area contributed by atoms with Gasteiger partial charge in [-0.05, 0) is 67.9 Å². The number of hydrogen-bond donors (Lipinski definition) is 2. The van der Waals surface area contributed by atoms with Gasteiger partial charge in [0, 0.05) is 42.7 Å². The van der Waals surface area contributed by atoms with Gasteiger partial charge in [-0.1, -0.05) is 85.5 Å². The van der Waals surface area contributed by atoms with Crippen molar-refractivity contribution in [2.24, 2.45) is 10.7 Å². The quantitative estimate of drug-likeness (QED) is 0.207. The third kappa shape index (κ3) is 9.10. The van der Waals surface area contributed by atoms with E-state index in [4.69, 9.17) is 22.3 Å². The predicted octanol–water partition coefficient (Wildman–Crippen LogP) is 6.51. The number of guanidine groups is 1. The number of halogens is 1. The molecule has 0 saturated heterocycles. The van der Waals surface area contributed by atoms with Crippen LogP contribution in [0, 0.1) is 0 Å². The molecule has 1 unspecified atom stereocenters. The van der Waals surface area contributed by atoms with Gasteiger partial charge in [0.25, 0.3) is 0 Å². The molecule has 1 saturated carbocycles. The number of nitrogens with one attached hydrogen (secondary N) is 1. The maximum absolute atomic E-state index is 11.9. The van der Waals surface area contributed by atoms with Crippen LogP contribution in [-0.4, -0.2) is 54.9 Å². The number of likely N-dealkylation sites (N-methyl/N-ethyl adjacent to an activating group) is 1. The summed E-state index contributed by atoms with van der Waals surface area (Å²) in [4.78, 5) is 21.8. The Morgan fingerprint density at radius 2 is 1.68 bits per heavy atom. The number of nitrogens with two attached hydrogens (primary N) is 1. The summed E-state index contributed by atoms with van der Waals surface area (Å²) in [7, 11) is 4.21. The summed E-state index contributed by atoms with van der Waals surface area (Å²) in [6.07, 6.45) is 6.24. The highest BCUT2D eigenvalue weighted by atomic mass is 35.5. The molecule has 212 valence electrons. The summed E-state index contributed by atoms with van der Waals surface area (Å²) in [6, 6.07) is 26.8. The van der Waals surface area contributed by atoms with Gasteiger partial charge in [0.1, 0.15) is 0 Å². The first-order valence-corrected chi connectivity index (χ1v) is 14.7. The average molecular weight is 560 g/mol. The second-order valence-electron chi connectivity index (χ2n) is 11.0. The maximum atomic E-state index is 11.9. The normalized spacial score (nSPS) is 15.2. The van der Waals surface area contributed by atoms with E-state index in [-0.39, 0.29) is 18.2 Å². The summed E-state index contributed by atoms with van der Waals surface area (Å²) in [5.41, 5.74) is 9.84. The highest BCUT2D eigenvalue weighted by Gasteiger charge is 2.20. The molecule has 40 heavy (non-hydrogen) atoms. The van der Waals surface area contributed by atoms with Crippen LogP contribution in [0.25, 0.3) is 0 Å². The van der Waals surface area contributed by atoms with Crippen molar-refractivity contribution < 1.29 is 4.79 Å². The Morgan fingerprint density at radius 3 is 2.33 bits per heavy atom. The largest absolute Gasteiger partial charge is 0.370 e. The molecule has 0 bridgehead atoms. The lowest BCUT2D eigenvalue weighted by Crippen LogP contribution is -2.41. The molecule has 1 aliphatic carbocycles. The van der Waals surface area contributed by atoms with E-state index in [0.717, 1.165) is 55.2 Å². The van der Waals surface area contributed by atoms with E-state index in [1.807, 2.05) is 24.3 Å². The Bertz CT molecular complexity index is 1240. The summed E-state index contributed by atoms with van der Waals surface area (Å²) >= 11 is 6.26. The van der Waals surface area contributed by atoms with Gasteiger partial charge in [-0.3, -0.25) is 4.79 Å². The second-order valence-corrected chi connectivity index (χ2v) is 11.4. The fraction of sp³-hybridized carbons (Fsp3) is 0.394. The number of aliphatic imine (C=N–C) groups is 1. The monoisotopic (exact) mass is 559 g/mol. The molecule has 7 heteroatoms. The van der Waals surface area contributed by atoms with Gasteiger partial charge in [-0.25, -0.2) is 4.99 Å². The van der Waals surface area contributed by atoms with Crippen molar-refractivity contribution in [1.82, 2.24) is 9.80 Å². The molecule has 0 aromatic heterocycles. The maximum Gasteiger partial charge on any atom is 0.218 e. The lowest BCUT2D eigenvalue weighted by atomic mass is 9.88. The molecule has 3 aromatic rings. The van der Waals surface area contributed by atoms with Crippen LogP contribution in [-0.2, 0) is 11.3 Å². The van der Waals surface area contributed by atoms with E-state index in [1.54, 1.807) is 0 Å². The van der Waals surface area contributed by atoms with Gasteiger partial charge in [0.05, 0.1) is 6.04 Å². The van der Waals surface area contributed by atoms with Crippen molar-refractivity contribution in [1.29, 1.82) is 0 Å². The Kier molecular flexibility index (Phi) is 11.0. The van der Waals surface area contributed by atoms with Gasteiger partial charge in [-0.15, -0.1) is 0 Å². The Labute approximate surface area is 244 Å². The van der Waals surface area contributed by atoms with Crippen LogP contribution in [0.1, 0.15) is 61.1 Å². The number of rotatable bonds is 11. The van der Waals surface area contributed by atoms with Crippen molar-refractivity contribution >= 4 is 29.2 Å². The van der Waals surface area contributed by atoms with Crippen LogP contribution in [0.2, 0.25) is 5.02 Å². The number of hydrogen-bond acceptors (Lipinski definition) is 3.